The van der Waals surface area contributed by atoms with Gasteiger partial charge in [0.2, 0.25) is 0 Å². The van der Waals surface area contributed by atoms with Gasteiger partial charge in [-0.05, 0) is 36.5 Å². The Hall–Kier alpha value is -0.320. The molecule has 5 heteroatoms. The number of aliphatic hydroxyl groups is 1. The fourth-order valence-electron chi connectivity index (χ4n) is 3.19. The molecule has 1 aromatic rings. The SMILES string of the molecule is OC(c1ccc(Cl)cc1Cl)C1CCOC2(CCOC2)C1. The summed E-state index contributed by atoms with van der Waals surface area (Å²) in [5, 5.41) is 11.7. The van der Waals surface area contributed by atoms with Crippen molar-refractivity contribution in [2.24, 2.45) is 5.92 Å². The van der Waals surface area contributed by atoms with Gasteiger partial charge in [0, 0.05) is 29.7 Å². The Balaban J connectivity index is 1.77. The minimum Gasteiger partial charge on any atom is -0.388 e. The van der Waals surface area contributed by atoms with Crippen LogP contribution in [0.3, 0.4) is 0 Å². The molecular weight excluding hydrogens is 299 g/mol. The Kier molecular flexibility index (Phi) is 4.25. The molecule has 0 radical (unpaired) electrons. The van der Waals surface area contributed by atoms with Gasteiger partial charge >= 0.3 is 0 Å². The fraction of sp³-hybridized carbons (Fsp3) is 0.600. The van der Waals surface area contributed by atoms with Gasteiger partial charge in [-0.25, -0.2) is 0 Å². The lowest BCUT2D eigenvalue weighted by Gasteiger charge is -2.39. The molecule has 0 bridgehead atoms. The lowest BCUT2D eigenvalue weighted by Crippen LogP contribution is -2.41. The van der Waals surface area contributed by atoms with Gasteiger partial charge in [-0.1, -0.05) is 29.3 Å². The molecule has 1 aromatic carbocycles. The minimum absolute atomic E-state index is 0.143. The van der Waals surface area contributed by atoms with Crippen LogP contribution in [0, 0.1) is 5.92 Å². The van der Waals surface area contributed by atoms with Crippen LogP contribution in [-0.4, -0.2) is 30.5 Å². The molecule has 110 valence electrons. The van der Waals surface area contributed by atoms with Crippen LogP contribution in [0.5, 0.6) is 0 Å². The second kappa shape index (κ2) is 5.82. The number of halogens is 2. The summed E-state index contributed by atoms with van der Waals surface area (Å²) in [5.41, 5.74) is 0.542. The largest absolute Gasteiger partial charge is 0.388 e. The first-order valence-corrected chi connectivity index (χ1v) is 7.70. The Morgan fingerprint density at radius 1 is 1.30 bits per heavy atom. The standard InChI is InChI=1S/C15H18Cl2O3/c16-11-1-2-12(13(17)7-11)14(18)10-3-5-20-15(8-10)4-6-19-9-15/h1-2,7,10,14,18H,3-6,8-9H2. The minimum atomic E-state index is -0.582. The Morgan fingerprint density at radius 2 is 2.15 bits per heavy atom. The monoisotopic (exact) mass is 316 g/mol. The Morgan fingerprint density at radius 3 is 2.85 bits per heavy atom. The maximum absolute atomic E-state index is 10.6. The van der Waals surface area contributed by atoms with Crippen LogP contribution in [-0.2, 0) is 9.47 Å². The number of aliphatic hydroxyl groups excluding tert-OH is 1. The molecule has 3 rings (SSSR count). The van der Waals surface area contributed by atoms with Crippen molar-refractivity contribution in [1.29, 1.82) is 0 Å². The summed E-state index contributed by atoms with van der Waals surface area (Å²) in [5.74, 6) is 0.143. The van der Waals surface area contributed by atoms with E-state index in [2.05, 4.69) is 0 Å². The highest BCUT2D eigenvalue weighted by molar-refractivity contribution is 6.35. The predicted molar refractivity (Wildman–Crippen MR) is 78.3 cm³/mol. The van der Waals surface area contributed by atoms with Crippen molar-refractivity contribution in [2.45, 2.75) is 31.0 Å². The normalized spacial score (nSPS) is 31.6. The molecule has 2 fully saturated rings. The zero-order valence-electron chi connectivity index (χ0n) is 11.1. The molecule has 1 spiro atoms. The predicted octanol–water partition coefficient (Wildman–Crippen LogP) is 3.61. The third-order valence-electron chi connectivity index (χ3n) is 4.33. The molecule has 2 aliphatic rings. The van der Waals surface area contributed by atoms with Crippen LogP contribution in [0.15, 0.2) is 18.2 Å². The molecule has 0 aromatic heterocycles. The summed E-state index contributed by atoms with van der Waals surface area (Å²) >= 11 is 12.1. The van der Waals surface area contributed by atoms with Gasteiger partial charge in [0.05, 0.1) is 18.3 Å². The van der Waals surface area contributed by atoms with Gasteiger partial charge < -0.3 is 14.6 Å². The van der Waals surface area contributed by atoms with E-state index in [0.29, 0.717) is 23.3 Å². The fourth-order valence-corrected chi connectivity index (χ4v) is 3.71. The molecule has 2 aliphatic heterocycles. The zero-order valence-corrected chi connectivity index (χ0v) is 12.7. The third-order valence-corrected chi connectivity index (χ3v) is 4.89. The van der Waals surface area contributed by atoms with Gasteiger partial charge in [-0.15, -0.1) is 0 Å². The second-order valence-electron chi connectivity index (χ2n) is 5.70. The highest BCUT2D eigenvalue weighted by atomic mass is 35.5. The quantitative estimate of drug-likeness (QED) is 0.905. The maximum Gasteiger partial charge on any atom is 0.0940 e. The van der Waals surface area contributed by atoms with Crippen LogP contribution in [0.4, 0.5) is 0 Å². The van der Waals surface area contributed by atoms with Crippen molar-refractivity contribution in [2.75, 3.05) is 19.8 Å². The zero-order chi connectivity index (χ0) is 14.2. The van der Waals surface area contributed by atoms with Gasteiger partial charge in [0.15, 0.2) is 0 Å². The number of hydrogen-bond acceptors (Lipinski definition) is 3. The molecule has 1 N–H and O–H groups in total. The van der Waals surface area contributed by atoms with Crippen molar-refractivity contribution < 1.29 is 14.6 Å². The van der Waals surface area contributed by atoms with Crippen molar-refractivity contribution in [3.63, 3.8) is 0 Å². The molecule has 3 atom stereocenters. The summed E-state index contributed by atoms with van der Waals surface area (Å²) in [7, 11) is 0. The van der Waals surface area contributed by atoms with Crippen molar-refractivity contribution in [3.8, 4) is 0 Å². The van der Waals surface area contributed by atoms with Gasteiger partial charge in [0.1, 0.15) is 0 Å². The smallest absolute Gasteiger partial charge is 0.0940 e. The summed E-state index contributed by atoms with van der Waals surface area (Å²) in [6.45, 7) is 2.03. The third kappa shape index (κ3) is 2.83. The first-order valence-electron chi connectivity index (χ1n) is 6.94. The molecule has 3 nitrogen and oxygen atoms in total. The topological polar surface area (TPSA) is 38.7 Å². The second-order valence-corrected chi connectivity index (χ2v) is 6.54. The highest BCUT2D eigenvalue weighted by Gasteiger charge is 2.43. The molecule has 0 amide bonds. The van der Waals surface area contributed by atoms with E-state index < -0.39 is 6.10 Å². The highest BCUT2D eigenvalue weighted by Crippen LogP contribution is 2.42. The molecule has 0 aliphatic carbocycles. The van der Waals surface area contributed by atoms with E-state index in [1.165, 1.54) is 0 Å². The lowest BCUT2D eigenvalue weighted by atomic mass is 9.80. The summed E-state index contributed by atoms with van der Waals surface area (Å²) in [6.07, 6.45) is 1.97. The van der Waals surface area contributed by atoms with Crippen LogP contribution >= 0.6 is 23.2 Å². The van der Waals surface area contributed by atoms with Crippen LogP contribution in [0.25, 0.3) is 0 Å². The molecule has 0 saturated carbocycles. The Labute approximate surface area is 128 Å². The van der Waals surface area contributed by atoms with Gasteiger partial charge in [-0.3, -0.25) is 0 Å². The first-order chi connectivity index (χ1) is 9.60. The molecule has 2 heterocycles. The average molecular weight is 317 g/mol. The number of benzene rings is 1. The molecule has 20 heavy (non-hydrogen) atoms. The van der Waals surface area contributed by atoms with E-state index in [-0.39, 0.29) is 11.5 Å². The first kappa shape index (κ1) is 14.6. The number of ether oxygens (including phenoxy) is 2. The maximum atomic E-state index is 10.6. The van der Waals surface area contributed by atoms with E-state index in [4.69, 9.17) is 32.7 Å². The van der Waals surface area contributed by atoms with Crippen LogP contribution in [0.2, 0.25) is 10.0 Å². The Bertz CT molecular complexity index is 486. The van der Waals surface area contributed by atoms with E-state index in [1.807, 2.05) is 6.07 Å². The average Bonchev–Trinajstić information content (AvgIpc) is 2.86. The molecular formula is C15H18Cl2O3. The van der Waals surface area contributed by atoms with Gasteiger partial charge in [-0.2, -0.15) is 0 Å². The summed E-state index contributed by atoms with van der Waals surface area (Å²) in [4.78, 5) is 0. The lowest BCUT2D eigenvalue weighted by molar-refractivity contribution is -0.117. The van der Waals surface area contributed by atoms with E-state index in [0.717, 1.165) is 31.4 Å². The van der Waals surface area contributed by atoms with Crippen LogP contribution in [0.1, 0.15) is 30.9 Å². The molecule has 2 saturated heterocycles. The van der Waals surface area contributed by atoms with E-state index >= 15 is 0 Å². The van der Waals surface area contributed by atoms with Gasteiger partial charge in [0.25, 0.3) is 0 Å². The van der Waals surface area contributed by atoms with E-state index in [1.54, 1.807) is 12.1 Å². The van der Waals surface area contributed by atoms with Crippen molar-refractivity contribution in [1.82, 2.24) is 0 Å². The van der Waals surface area contributed by atoms with Crippen molar-refractivity contribution >= 4 is 23.2 Å². The molecule has 3 unspecified atom stereocenters. The number of hydrogen-bond donors (Lipinski definition) is 1. The summed E-state index contributed by atoms with van der Waals surface area (Å²) in [6, 6.07) is 5.25. The van der Waals surface area contributed by atoms with Crippen LogP contribution < -0.4 is 0 Å². The van der Waals surface area contributed by atoms with Crippen molar-refractivity contribution in [3.05, 3.63) is 33.8 Å². The number of rotatable bonds is 2. The van der Waals surface area contributed by atoms with E-state index in [9.17, 15) is 5.11 Å². The summed E-state index contributed by atoms with van der Waals surface area (Å²) < 4.78 is 11.4.